The first-order chi connectivity index (χ1) is 35.7. The Balaban J connectivity index is 1.19. The molecule has 16 nitrogen and oxygen atoms in total. The molecule has 4 amide bonds. The third kappa shape index (κ3) is 18.5. The first kappa shape index (κ1) is 59.1. The number of ketones is 4. The lowest BCUT2D eigenvalue weighted by molar-refractivity contribution is -0.135. The van der Waals surface area contributed by atoms with Crippen molar-refractivity contribution < 1.29 is 51.3 Å². The summed E-state index contributed by atoms with van der Waals surface area (Å²) >= 11 is 0. The molecule has 0 aliphatic carbocycles. The molecule has 400 valence electrons. The van der Waals surface area contributed by atoms with Gasteiger partial charge in [0, 0.05) is 79.4 Å². The van der Waals surface area contributed by atoms with E-state index < -0.39 is 91.9 Å². The Kier molecular flexibility index (Phi) is 22.7. The molecule has 0 aliphatic rings. The number of carbonyl (C=O) groups excluding carboxylic acids is 8. The van der Waals surface area contributed by atoms with Crippen molar-refractivity contribution in [3.05, 3.63) is 127 Å². The number of H-pyrrole nitrogens is 1. The summed E-state index contributed by atoms with van der Waals surface area (Å²) in [7, 11) is -5.18. The number of nitrogens with two attached hydrogens (primary N) is 1. The molecule has 1 aromatic heterocycles. The maximum atomic E-state index is 14.1. The third-order valence-corrected chi connectivity index (χ3v) is 15.9. The van der Waals surface area contributed by atoms with Gasteiger partial charge in [0.05, 0.1) is 23.0 Å². The quantitative estimate of drug-likeness (QED) is 0.0140. The molecule has 0 saturated carbocycles. The van der Waals surface area contributed by atoms with Gasteiger partial charge in [0.25, 0.3) is 16.0 Å². The van der Waals surface area contributed by atoms with Crippen LogP contribution in [-0.4, -0.2) is 88.6 Å². The fraction of sp³-hybridized carbons (Fsp3) is 0.404. The Morgan fingerprint density at radius 2 is 1.24 bits per heavy atom. The van der Waals surface area contributed by atoms with Crippen LogP contribution >= 0.6 is 0 Å². The maximum absolute atomic E-state index is 14.1. The van der Waals surface area contributed by atoms with Gasteiger partial charge in [-0.05, 0) is 91.8 Å². The van der Waals surface area contributed by atoms with E-state index in [0.717, 1.165) is 31.2 Å². The molecule has 0 aliphatic heterocycles. The topological polar surface area (TPSA) is 269 Å². The van der Waals surface area contributed by atoms with Gasteiger partial charge in [0.1, 0.15) is 17.6 Å². The second-order valence-corrected chi connectivity index (χ2v) is 22.9. The number of nitrogens with one attached hydrogen (secondary N) is 4. The maximum Gasteiger partial charge on any atom is 0.267 e. The first-order valence-corrected chi connectivity index (χ1v) is 28.3. The van der Waals surface area contributed by atoms with Crippen LogP contribution in [0.15, 0.2) is 130 Å². The zero-order chi connectivity index (χ0) is 54.7. The zero-order valence-electron chi connectivity index (χ0n) is 43.0. The molecule has 0 unspecified atom stereocenters. The van der Waals surface area contributed by atoms with Crippen molar-refractivity contribution in [1.82, 2.24) is 20.9 Å². The van der Waals surface area contributed by atoms with Crippen molar-refractivity contribution in [2.45, 2.75) is 138 Å². The highest BCUT2D eigenvalue weighted by molar-refractivity contribution is 7.97. The van der Waals surface area contributed by atoms with Gasteiger partial charge in [-0.3, -0.25) is 42.9 Å². The Morgan fingerprint density at radius 3 is 1.84 bits per heavy atom. The molecule has 0 saturated heterocycles. The van der Waals surface area contributed by atoms with E-state index in [0.29, 0.717) is 19.3 Å². The lowest BCUT2D eigenvalue weighted by atomic mass is 9.91. The second kappa shape index (κ2) is 28.8. The van der Waals surface area contributed by atoms with Gasteiger partial charge in [-0.1, -0.05) is 88.7 Å². The number of amides is 4. The Labute approximate surface area is 442 Å². The standard InChI is InChI=1S/C57H69N5O11S2/c1-5-17-51(65)54(37(2)3)62-55(68)38(4)32-52(66)48(34-41-35-59-47-24-16-15-23-46(41)47)60-57(70)40(28-31-53(58)67)33-42(63)18-9-6-14-25-50(64)49(36-75(71,72)73)61-56(69)39-26-29-45(30-27-39)74(43-19-10-7-11-20-43)44-21-12-8-13-22-44/h7-8,10-13,15-16,19-24,26-27,29-30,35,37-38,40,48-49,54,59H,5-6,9,14,17-18,25,28,31-34,36H2,1-4H3,(H5-,58,60,61,62,67,68,69,70,71,72,73)/p+1/t38-,40-,48+,49+,54+/m1/s1. The van der Waals surface area contributed by atoms with Gasteiger partial charge in [-0.15, -0.1) is 0 Å². The highest BCUT2D eigenvalue weighted by atomic mass is 32.2. The van der Waals surface area contributed by atoms with E-state index in [1.165, 1.54) is 0 Å². The molecule has 4 aromatic carbocycles. The third-order valence-electron chi connectivity index (χ3n) is 12.9. The number of fused-ring (bicyclic) bond motifs is 1. The molecule has 0 bridgehead atoms. The highest BCUT2D eigenvalue weighted by Crippen LogP contribution is 2.31. The van der Waals surface area contributed by atoms with Crippen LogP contribution in [0.4, 0.5) is 0 Å². The molecule has 0 spiro atoms. The van der Waals surface area contributed by atoms with Crippen LogP contribution in [0.2, 0.25) is 0 Å². The van der Waals surface area contributed by atoms with E-state index in [9.17, 15) is 51.3 Å². The molecule has 5 rings (SSSR count). The molecule has 0 radical (unpaired) electrons. The predicted octanol–water partition coefficient (Wildman–Crippen LogP) is 7.44. The molecular weight excluding hydrogens is 995 g/mol. The first-order valence-electron chi connectivity index (χ1n) is 25.5. The van der Waals surface area contributed by atoms with Crippen LogP contribution in [-0.2, 0) is 61.0 Å². The minimum atomic E-state index is -4.69. The van der Waals surface area contributed by atoms with Crippen molar-refractivity contribution >= 4 is 78.7 Å². The smallest absolute Gasteiger partial charge is 0.267 e. The number of primary amides is 1. The van der Waals surface area contributed by atoms with Crippen molar-refractivity contribution in [3.8, 4) is 0 Å². The summed E-state index contributed by atoms with van der Waals surface area (Å²) in [4.78, 5) is 113. The number of hydrogen-bond donors (Lipinski definition) is 6. The molecule has 0 fully saturated rings. The fourth-order valence-electron chi connectivity index (χ4n) is 8.83. The van der Waals surface area contributed by atoms with Crippen LogP contribution < -0.4 is 21.7 Å². The second-order valence-electron chi connectivity index (χ2n) is 19.3. The number of rotatable bonds is 32. The van der Waals surface area contributed by atoms with Gasteiger partial charge >= 0.3 is 0 Å². The number of aromatic amines is 1. The summed E-state index contributed by atoms with van der Waals surface area (Å²) in [5, 5.41) is 8.94. The molecule has 5 atom stereocenters. The Hall–Kier alpha value is -6.76. The van der Waals surface area contributed by atoms with Gasteiger partial charge in [-0.2, -0.15) is 8.42 Å². The largest absolute Gasteiger partial charge is 0.370 e. The summed E-state index contributed by atoms with van der Waals surface area (Å²) < 4.78 is 33.7. The number of carbonyl (C=O) groups is 8. The minimum absolute atomic E-state index is 0.00580. The van der Waals surface area contributed by atoms with E-state index >= 15 is 0 Å². The average Bonchev–Trinajstić information content (AvgIpc) is 3.78. The summed E-state index contributed by atoms with van der Waals surface area (Å²) in [6.45, 7) is 7.11. The van der Waals surface area contributed by atoms with Crippen LogP contribution in [0.3, 0.4) is 0 Å². The van der Waals surface area contributed by atoms with Crippen LogP contribution in [0.1, 0.15) is 114 Å². The van der Waals surface area contributed by atoms with Gasteiger partial charge in [0.2, 0.25) is 17.7 Å². The van der Waals surface area contributed by atoms with Crippen LogP contribution in [0, 0.1) is 17.8 Å². The molecule has 18 heteroatoms. The molecule has 1 heterocycles. The lowest BCUT2D eigenvalue weighted by Gasteiger charge is -2.25. The Bertz CT molecular complexity index is 2830. The average molecular weight is 1070 g/mol. The number of aromatic nitrogens is 1. The van der Waals surface area contributed by atoms with Crippen molar-refractivity contribution in [2.75, 3.05) is 5.75 Å². The van der Waals surface area contributed by atoms with E-state index in [-0.39, 0.29) is 80.8 Å². The lowest BCUT2D eigenvalue weighted by Crippen LogP contribution is -2.48. The SMILES string of the molecule is CCCC(=O)[C@@H](NC(=O)[C@H](C)CC(=O)[C@H](Cc1c[nH]c2ccccc12)NC(=O)[C@H](CCC(N)=O)CC(=O)CCCCCC(=O)[C@H](CS(=O)(=O)O)NC(=O)c1ccc([S+](c2ccccc2)c2ccccc2)cc1)C(C)C. The molecule has 7 N–H and O–H groups in total. The summed E-state index contributed by atoms with van der Waals surface area (Å²) in [6.07, 6.45) is 2.53. The van der Waals surface area contributed by atoms with Crippen molar-refractivity contribution in [3.63, 3.8) is 0 Å². The molecular formula is C57H70N5O11S2+. The molecule has 75 heavy (non-hydrogen) atoms. The highest BCUT2D eigenvalue weighted by Gasteiger charge is 2.33. The minimum Gasteiger partial charge on any atom is -0.370 e. The summed E-state index contributed by atoms with van der Waals surface area (Å²) in [5.74, 6) is -7.12. The predicted molar refractivity (Wildman–Crippen MR) is 288 cm³/mol. The summed E-state index contributed by atoms with van der Waals surface area (Å²) in [5.41, 5.74) is 7.18. The van der Waals surface area contributed by atoms with Crippen molar-refractivity contribution in [1.29, 1.82) is 0 Å². The number of Topliss-reactive ketones (excluding diaryl/α,β-unsaturated/α-hetero) is 4. The van der Waals surface area contributed by atoms with E-state index in [2.05, 4.69) is 20.9 Å². The van der Waals surface area contributed by atoms with Gasteiger partial charge in [-0.25, -0.2) is 0 Å². The monoisotopic (exact) mass is 1060 g/mol. The number of benzene rings is 4. The number of unbranched alkanes of at least 4 members (excludes halogenated alkanes) is 2. The van der Waals surface area contributed by atoms with E-state index in [4.69, 9.17) is 5.73 Å². The Morgan fingerprint density at radius 1 is 0.640 bits per heavy atom. The molecule has 5 aromatic rings. The van der Waals surface area contributed by atoms with Crippen LogP contribution in [0.25, 0.3) is 10.9 Å². The van der Waals surface area contributed by atoms with Crippen LogP contribution in [0.5, 0.6) is 0 Å². The zero-order valence-corrected chi connectivity index (χ0v) is 44.7. The summed E-state index contributed by atoms with van der Waals surface area (Å²) in [6, 6.07) is 30.6. The normalized spacial score (nSPS) is 13.6. The van der Waals surface area contributed by atoms with Gasteiger partial charge < -0.3 is 26.7 Å². The van der Waals surface area contributed by atoms with Crippen molar-refractivity contribution in [2.24, 2.45) is 23.5 Å². The van der Waals surface area contributed by atoms with E-state index in [1.807, 2.05) is 118 Å². The number of hydrogen-bond acceptors (Lipinski definition) is 10. The van der Waals surface area contributed by atoms with Gasteiger partial charge in [0.15, 0.2) is 32.0 Å². The number of para-hydroxylation sites is 1. The fourth-order valence-corrected chi connectivity index (χ4v) is 11.6. The van der Waals surface area contributed by atoms with E-state index in [1.54, 1.807) is 25.3 Å².